The highest BCUT2D eigenvalue weighted by Crippen LogP contribution is 2.24. The van der Waals surface area contributed by atoms with Gasteiger partial charge in [-0.2, -0.15) is 0 Å². The molecule has 1 rings (SSSR count). The first-order valence-electron chi connectivity index (χ1n) is 3.13. The van der Waals surface area contributed by atoms with E-state index in [0.717, 1.165) is 5.75 Å². The van der Waals surface area contributed by atoms with Crippen LogP contribution in [-0.2, 0) is 14.3 Å². The van der Waals surface area contributed by atoms with Crippen LogP contribution in [0.1, 0.15) is 6.42 Å². The van der Waals surface area contributed by atoms with Crippen LogP contribution >= 0.6 is 11.8 Å². The van der Waals surface area contributed by atoms with Crippen LogP contribution in [0, 0.1) is 0 Å². The van der Waals surface area contributed by atoms with Gasteiger partial charge in [0.15, 0.2) is 5.78 Å². The van der Waals surface area contributed by atoms with Crippen LogP contribution in [0.2, 0.25) is 0 Å². The van der Waals surface area contributed by atoms with E-state index >= 15 is 0 Å². The van der Waals surface area contributed by atoms with Crippen molar-refractivity contribution in [2.75, 3.05) is 12.9 Å². The second kappa shape index (κ2) is 3.61. The molecule has 11 heavy (non-hydrogen) atoms. The van der Waals surface area contributed by atoms with Crippen LogP contribution in [0.4, 0.5) is 4.79 Å². The van der Waals surface area contributed by atoms with Gasteiger partial charge in [0.05, 0.1) is 7.11 Å². The van der Waals surface area contributed by atoms with Crippen molar-refractivity contribution in [2.45, 2.75) is 11.9 Å². The van der Waals surface area contributed by atoms with Gasteiger partial charge < -0.3 is 9.47 Å². The summed E-state index contributed by atoms with van der Waals surface area (Å²) in [4.78, 5) is 21.4. The molecule has 5 heteroatoms. The third kappa shape index (κ3) is 2.11. The van der Waals surface area contributed by atoms with Crippen LogP contribution in [0.5, 0.6) is 0 Å². The standard InChI is InChI=1S/C6H8O4S/c1-9-6(8)10-5-4(7)2-3-11-5/h5H,2-3H2,1H3. The van der Waals surface area contributed by atoms with E-state index in [9.17, 15) is 9.59 Å². The molecule has 0 aromatic carbocycles. The zero-order valence-corrected chi connectivity index (χ0v) is 6.85. The minimum absolute atomic E-state index is 0.0413. The van der Waals surface area contributed by atoms with E-state index < -0.39 is 11.6 Å². The van der Waals surface area contributed by atoms with Gasteiger partial charge in [0.25, 0.3) is 0 Å². The number of hydrogen-bond acceptors (Lipinski definition) is 5. The number of ketones is 1. The molecule has 1 saturated heterocycles. The van der Waals surface area contributed by atoms with Gasteiger partial charge in [-0.1, -0.05) is 0 Å². The lowest BCUT2D eigenvalue weighted by molar-refractivity contribution is -0.123. The molecule has 0 aliphatic carbocycles. The minimum atomic E-state index is -0.794. The van der Waals surface area contributed by atoms with Crippen molar-refractivity contribution in [1.29, 1.82) is 0 Å². The second-order valence-corrected chi connectivity index (χ2v) is 3.16. The Morgan fingerprint density at radius 3 is 2.91 bits per heavy atom. The topological polar surface area (TPSA) is 52.6 Å². The maximum Gasteiger partial charge on any atom is 0.509 e. The van der Waals surface area contributed by atoms with Crippen LogP contribution < -0.4 is 0 Å². The Balaban J connectivity index is 2.36. The first-order chi connectivity index (χ1) is 5.24. The number of methoxy groups -OCH3 is 1. The first-order valence-corrected chi connectivity index (χ1v) is 4.18. The highest BCUT2D eigenvalue weighted by atomic mass is 32.2. The number of carbonyl (C=O) groups excluding carboxylic acids is 2. The van der Waals surface area contributed by atoms with Crippen LogP contribution in [0.25, 0.3) is 0 Å². The van der Waals surface area contributed by atoms with E-state index in [2.05, 4.69) is 9.47 Å². The zero-order chi connectivity index (χ0) is 8.27. The van der Waals surface area contributed by atoms with Crippen molar-refractivity contribution in [3.63, 3.8) is 0 Å². The van der Waals surface area contributed by atoms with Crippen molar-refractivity contribution >= 4 is 23.7 Å². The summed E-state index contributed by atoms with van der Waals surface area (Å²) in [5.41, 5.74) is -0.637. The summed E-state index contributed by atoms with van der Waals surface area (Å²) in [5, 5.41) is 0. The molecule has 1 fully saturated rings. The smallest absolute Gasteiger partial charge is 0.438 e. The molecule has 0 spiro atoms. The van der Waals surface area contributed by atoms with Crippen molar-refractivity contribution in [1.82, 2.24) is 0 Å². The molecule has 4 nitrogen and oxygen atoms in total. The van der Waals surface area contributed by atoms with E-state index in [1.54, 1.807) is 0 Å². The largest absolute Gasteiger partial charge is 0.509 e. The number of carbonyl (C=O) groups is 2. The highest BCUT2D eigenvalue weighted by molar-refractivity contribution is 8.01. The van der Waals surface area contributed by atoms with Gasteiger partial charge in [-0.05, 0) is 0 Å². The summed E-state index contributed by atoms with van der Waals surface area (Å²) in [5.74, 6) is 0.681. The molecule has 0 aromatic rings. The average molecular weight is 176 g/mol. The Bertz CT molecular complexity index is 179. The zero-order valence-electron chi connectivity index (χ0n) is 6.03. The van der Waals surface area contributed by atoms with Gasteiger partial charge >= 0.3 is 6.16 Å². The summed E-state index contributed by atoms with van der Waals surface area (Å²) >= 11 is 1.32. The minimum Gasteiger partial charge on any atom is -0.438 e. The fourth-order valence-corrected chi connectivity index (χ4v) is 1.70. The van der Waals surface area contributed by atoms with Gasteiger partial charge in [-0.15, -0.1) is 11.8 Å². The fraction of sp³-hybridized carbons (Fsp3) is 0.667. The molecule has 0 N–H and O–H groups in total. The molecule has 0 radical (unpaired) electrons. The Hall–Kier alpha value is -0.710. The van der Waals surface area contributed by atoms with Gasteiger partial charge in [0, 0.05) is 12.2 Å². The molecule has 1 heterocycles. The quantitative estimate of drug-likeness (QED) is 0.553. The summed E-state index contributed by atoms with van der Waals surface area (Å²) in [7, 11) is 1.21. The van der Waals surface area contributed by atoms with E-state index in [1.165, 1.54) is 18.9 Å². The van der Waals surface area contributed by atoms with Gasteiger partial charge in [-0.25, -0.2) is 4.79 Å². The SMILES string of the molecule is COC(=O)OC1SCCC1=O. The van der Waals surface area contributed by atoms with Gasteiger partial charge in [-0.3, -0.25) is 4.79 Å². The number of thioether (sulfide) groups is 1. The van der Waals surface area contributed by atoms with Crippen LogP contribution in [0.15, 0.2) is 0 Å². The molecule has 1 atom stereocenters. The molecular formula is C6H8O4S. The Morgan fingerprint density at radius 2 is 2.45 bits per heavy atom. The monoisotopic (exact) mass is 176 g/mol. The fourth-order valence-electron chi connectivity index (χ4n) is 0.713. The molecule has 0 amide bonds. The van der Waals surface area contributed by atoms with Gasteiger partial charge in [0.2, 0.25) is 5.44 Å². The lowest BCUT2D eigenvalue weighted by atomic mass is 10.3. The predicted octanol–water partition coefficient (Wildman–Crippen LogP) is 0.801. The number of rotatable bonds is 1. The molecule has 1 aliphatic rings. The van der Waals surface area contributed by atoms with E-state index in [0.29, 0.717) is 6.42 Å². The number of Topliss-reactive ketones (excluding diaryl/α,β-unsaturated/α-hetero) is 1. The predicted molar refractivity (Wildman–Crippen MR) is 39.4 cm³/mol. The summed E-state index contributed by atoms with van der Waals surface area (Å²) in [6, 6.07) is 0. The number of ether oxygens (including phenoxy) is 2. The molecule has 62 valence electrons. The second-order valence-electron chi connectivity index (χ2n) is 1.99. The van der Waals surface area contributed by atoms with Crippen molar-refractivity contribution < 1.29 is 19.1 Å². The van der Waals surface area contributed by atoms with E-state index in [1.807, 2.05) is 0 Å². The third-order valence-electron chi connectivity index (χ3n) is 1.25. The Morgan fingerprint density at radius 1 is 1.73 bits per heavy atom. The van der Waals surface area contributed by atoms with Crippen LogP contribution in [0.3, 0.4) is 0 Å². The van der Waals surface area contributed by atoms with Crippen LogP contribution in [-0.4, -0.2) is 30.2 Å². The normalized spacial score (nSPS) is 23.4. The summed E-state index contributed by atoms with van der Waals surface area (Å²) in [6.45, 7) is 0. The van der Waals surface area contributed by atoms with Crippen molar-refractivity contribution in [3.8, 4) is 0 Å². The molecule has 1 aliphatic heterocycles. The molecule has 0 saturated carbocycles. The molecule has 1 unspecified atom stereocenters. The molecular weight excluding hydrogens is 168 g/mol. The first kappa shape index (κ1) is 8.39. The maximum atomic E-state index is 10.9. The lowest BCUT2D eigenvalue weighted by Gasteiger charge is -2.06. The Kier molecular flexibility index (Phi) is 2.76. The van der Waals surface area contributed by atoms with Gasteiger partial charge in [0.1, 0.15) is 0 Å². The lowest BCUT2D eigenvalue weighted by Crippen LogP contribution is -2.19. The molecule has 0 aromatic heterocycles. The average Bonchev–Trinajstić information content (AvgIpc) is 2.37. The van der Waals surface area contributed by atoms with Crippen molar-refractivity contribution in [3.05, 3.63) is 0 Å². The van der Waals surface area contributed by atoms with Crippen molar-refractivity contribution in [2.24, 2.45) is 0 Å². The van der Waals surface area contributed by atoms with E-state index in [-0.39, 0.29) is 5.78 Å². The number of hydrogen-bond donors (Lipinski definition) is 0. The summed E-state index contributed by atoms with van der Waals surface area (Å²) in [6.07, 6.45) is -0.315. The Labute approximate surface area is 68.2 Å². The summed E-state index contributed by atoms with van der Waals surface area (Å²) < 4.78 is 8.86. The third-order valence-corrected chi connectivity index (χ3v) is 2.35. The molecule has 0 bridgehead atoms. The maximum absolute atomic E-state index is 10.9. The van der Waals surface area contributed by atoms with E-state index in [4.69, 9.17) is 0 Å². The highest BCUT2D eigenvalue weighted by Gasteiger charge is 2.28.